The van der Waals surface area contributed by atoms with Gasteiger partial charge in [-0.25, -0.2) is 4.99 Å². The second kappa shape index (κ2) is 8.10. The number of nitrogens with zero attached hydrogens (tertiary/aromatic N) is 2. The van der Waals surface area contributed by atoms with Gasteiger partial charge in [-0.1, -0.05) is 12.1 Å². The van der Waals surface area contributed by atoms with Crippen molar-refractivity contribution in [2.45, 2.75) is 25.6 Å². The van der Waals surface area contributed by atoms with E-state index in [9.17, 15) is 23.4 Å². The molecule has 0 aliphatic heterocycles. The number of halogens is 3. The van der Waals surface area contributed by atoms with Crippen LogP contribution in [0.4, 0.5) is 18.9 Å². The summed E-state index contributed by atoms with van der Waals surface area (Å²) < 4.78 is 47.2. The van der Waals surface area contributed by atoms with Crippen molar-refractivity contribution >= 4 is 12.0 Å². The number of aryl methyl sites for hydroxylation is 1. The smallest absolute Gasteiger partial charge is 0.425 e. The monoisotopic (exact) mass is 396 g/mol. The molecular formula is C20H23F3N2O3. The first-order chi connectivity index (χ1) is 13.0. The van der Waals surface area contributed by atoms with Crippen LogP contribution in [0, 0.1) is 6.92 Å². The lowest BCUT2D eigenvalue weighted by molar-refractivity contribution is -0.248. The average molecular weight is 396 g/mol. The molecule has 2 aromatic rings. The Bertz CT molecular complexity index is 851. The van der Waals surface area contributed by atoms with Gasteiger partial charge in [-0.3, -0.25) is 0 Å². The summed E-state index contributed by atoms with van der Waals surface area (Å²) in [6.45, 7) is 4.26. The standard InChI is InChI=1S/C20H23F3N2O3/c1-5-25(3)12-24-17-11-18(28-4)16(10-13(17)2)19(27,20(21,22)23)14-6-8-15(26)9-7-14/h6-12,26-27H,5H2,1-4H3. The quantitative estimate of drug-likeness (QED) is 0.570. The summed E-state index contributed by atoms with van der Waals surface area (Å²) >= 11 is 0. The van der Waals surface area contributed by atoms with Crippen LogP contribution in [0.25, 0.3) is 0 Å². The molecule has 0 fully saturated rings. The molecule has 0 radical (unpaired) electrons. The van der Waals surface area contributed by atoms with Crippen molar-refractivity contribution < 1.29 is 28.1 Å². The first kappa shape index (κ1) is 21.6. The Morgan fingerprint density at radius 2 is 1.79 bits per heavy atom. The molecule has 28 heavy (non-hydrogen) atoms. The molecule has 5 nitrogen and oxygen atoms in total. The van der Waals surface area contributed by atoms with E-state index in [-0.39, 0.29) is 11.5 Å². The van der Waals surface area contributed by atoms with Crippen molar-refractivity contribution in [3.8, 4) is 11.5 Å². The molecule has 2 N–H and O–H groups in total. The Labute approximate surface area is 161 Å². The van der Waals surface area contributed by atoms with Gasteiger partial charge in [0.25, 0.3) is 0 Å². The van der Waals surface area contributed by atoms with Crippen molar-refractivity contribution in [3.63, 3.8) is 0 Å². The van der Waals surface area contributed by atoms with Crippen LogP contribution in [-0.4, -0.2) is 48.3 Å². The molecule has 0 saturated heterocycles. The number of hydrogen-bond donors (Lipinski definition) is 2. The van der Waals surface area contributed by atoms with Crippen molar-refractivity contribution in [2.75, 3.05) is 20.7 Å². The number of methoxy groups -OCH3 is 1. The van der Waals surface area contributed by atoms with Crippen LogP contribution in [-0.2, 0) is 5.60 Å². The van der Waals surface area contributed by atoms with Crippen LogP contribution in [0.3, 0.4) is 0 Å². The summed E-state index contributed by atoms with van der Waals surface area (Å²) in [5.74, 6) is -0.356. The first-order valence-corrected chi connectivity index (χ1v) is 8.56. The van der Waals surface area contributed by atoms with Crippen LogP contribution in [0.15, 0.2) is 41.4 Å². The third-order valence-corrected chi connectivity index (χ3v) is 4.50. The fourth-order valence-corrected chi connectivity index (χ4v) is 2.68. The predicted octanol–water partition coefficient (Wildman–Crippen LogP) is 4.12. The molecule has 0 spiro atoms. The SMILES string of the molecule is CCN(C)C=Nc1cc(OC)c(C(O)(c2ccc(O)cc2)C(F)(F)F)cc1C. The summed E-state index contributed by atoms with van der Waals surface area (Å²) in [6.07, 6.45) is -3.46. The molecule has 0 bridgehead atoms. The molecule has 2 rings (SSSR count). The fraction of sp³-hybridized carbons (Fsp3) is 0.350. The number of benzene rings is 2. The van der Waals surface area contributed by atoms with Crippen molar-refractivity contribution in [1.29, 1.82) is 0 Å². The Balaban J connectivity index is 2.69. The van der Waals surface area contributed by atoms with Crippen LogP contribution in [0.2, 0.25) is 0 Å². The fourth-order valence-electron chi connectivity index (χ4n) is 2.68. The molecule has 2 aromatic carbocycles. The number of aliphatic imine (C=N–C) groups is 1. The van der Waals surface area contributed by atoms with Crippen molar-refractivity contribution in [2.24, 2.45) is 4.99 Å². The molecule has 1 atom stereocenters. The van der Waals surface area contributed by atoms with E-state index in [4.69, 9.17) is 4.74 Å². The highest BCUT2D eigenvalue weighted by Crippen LogP contribution is 2.48. The van der Waals surface area contributed by atoms with Crippen molar-refractivity contribution in [1.82, 2.24) is 4.90 Å². The van der Waals surface area contributed by atoms with E-state index in [1.54, 1.807) is 13.3 Å². The zero-order valence-electron chi connectivity index (χ0n) is 16.1. The van der Waals surface area contributed by atoms with E-state index in [0.29, 0.717) is 17.8 Å². The highest BCUT2D eigenvalue weighted by Gasteiger charge is 2.57. The van der Waals surface area contributed by atoms with Crippen LogP contribution < -0.4 is 4.74 Å². The second-order valence-electron chi connectivity index (χ2n) is 6.41. The van der Waals surface area contributed by atoms with E-state index < -0.39 is 22.9 Å². The van der Waals surface area contributed by atoms with Gasteiger partial charge in [-0.15, -0.1) is 0 Å². The van der Waals surface area contributed by atoms with E-state index in [1.165, 1.54) is 19.2 Å². The third-order valence-electron chi connectivity index (χ3n) is 4.50. The average Bonchev–Trinajstić information content (AvgIpc) is 2.65. The number of hydrogen-bond acceptors (Lipinski definition) is 4. The van der Waals surface area contributed by atoms with Gasteiger partial charge >= 0.3 is 6.18 Å². The Hall–Kier alpha value is -2.74. The molecule has 152 valence electrons. The van der Waals surface area contributed by atoms with Gasteiger partial charge in [0, 0.05) is 25.2 Å². The maximum absolute atomic E-state index is 14.0. The van der Waals surface area contributed by atoms with Gasteiger partial charge in [-0.2, -0.15) is 13.2 Å². The molecule has 0 amide bonds. The third kappa shape index (κ3) is 4.06. The van der Waals surface area contributed by atoms with Gasteiger partial charge in [0.2, 0.25) is 5.60 Å². The molecule has 0 heterocycles. The summed E-state index contributed by atoms with van der Waals surface area (Å²) in [6, 6.07) is 6.81. The topological polar surface area (TPSA) is 65.3 Å². The van der Waals surface area contributed by atoms with Crippen LogP contribution >= 0.6 is 0 Å². The van der Waals surface area contributed by atoms with Crippen LogP contribution in [0.5, 0.6) is 11.5 Å². The summed E-state index contributed by atoms with van der Waals surface area (Å²) in [5.41, 5.74) is -3.33. The van der Waals surface area contributed by atoms with Gasteiger partial charge in [0.1, 0.15) is 11.5 Å². The van der Waals surface area contributed by atoms with Crippen LogP contribution in [0.1, 0.15) is 23.6 Å². The highest BCUT2D eigenvalue weighted by molar-refractivity contribution is 5.66. The number of phenols is 1. The van der Waals surface area contributed by atoms with Gasteiger partial charge < -0.3 is 19.8 Å². The molecule has 8 heteroatoms. The highest BCUT2D eigenvalue weighted by atomic mass is 19.4. The van der Waals surface area contributed by atoms with Gasteiger partial charge in [-0.05, 0) is 43.2 Å². The Morgan fingerprint density at radius 3 is 2.29 bits per heavy atom. The molecule has 0 aromatic heterocycles. The summed E-state index contributed by atoms with van der Waals surface area (Å²) in [5, 5.41) is 20.2. The number of rotatable bonds is 6. The maximum atomic E-state index is 14.0. The predicted molar refractivity (Wildman–Crippen MR) is 101 cm³/mol. The van der Waals surface area contributed by atoms with Gasteiger partial charge in [0.05, 0.1) is 19.1 Å². The summed E-state index contributed by atoms with van der Waals surface area (Å²) in [7, 11) is 3.05. The number of alkyl halides is 3. The molecule has 0 aliphatic rings. The number of aromatic hydroxyl groups is 1. The van der Waals surface area contributed by atoms with E-state index in [2.05, 4.69) is 4.99 Å². The zero-order valence-corrected chi connectivity index (χ0v) is 16.1. The van der Waals surface area contributed by atoms with Gasteiger partial charge in [0.15, 0.2) is 0 Å². The van der Waals surface area contributed by atoms with Crippen molar-refractivity contribution in [3.05, 3.63) is 53.1 Å². The number of ether oxygens (including phenoxy) is 1. The lowest BCUT2D eigenvalue weighted by Gasteiger charge is -2.33. The first-order valence-electron chi connectivity index (χ1n) is 8.56. The minimum absolute atomic E-state index is 0.148. The largest absolute Gasteiger partial charge is 0.508 e. The summed E-state index contributed by atoms with van der Waals surface area (Å²) in [4.78, 5) is 6.09. The lowest BCUT2D eigenvalue weighted by atomic mass is 9.84. The van der Waals surface area contributed by atoms with E-state index in [0.717, 1.165) is 24.3 Å². The lowest BCUT2D eigenvalue weighted by Crippen LogP contribution is -2.43. The second-order valence-corrected chi connectivity index (χ2v) is 6.41. The normalized spacial score (nSPS) is 14.1. The minimum atomic E-state index is -5.03. The van der Waals surface area contributed by atoms with E-state index in [1.807, 2.05) is 18.9 Å². The molecular weight excluding hydrogens is 373 g/mol. The molecule has 0 aliphatic carbocycles. The molecule has 1 unspecified atom stereocenters. The number of aliphatic hydroxyl groups is 1. The Morgan fingerprint density at radius 1 is 1.18 bits per heavy atom. The maximum Gasteiger partial charge on any atom is 0.425 e. The van der Waals surface area contributed by atoms with E-state index >= 15 is 0 Å². The minimum Gasteiger partial charge on any atom is -0.508 e. The Kier molecular flexibility index (Phi) is 6.23. The zero-order chi connectivity index (χ0) is 21.1. The number of phenolic OH excluding ortho intramolecular Hbond substituents is 1. The molecule has 0 saturated carbocycles.